The summed E-state index contributed by atoms with van der Waals surface area (Å²) in [6.07, 6.45) is 0.913. The molecule has 2 rings (SSSR count). The molecule has 0 aliphatic heterocycles. The monoisotopic (exact) mass is 261 g/mol. The number of carbonyl (C=O) groups is 1. The lowest BCUT2D eigenvalue weighted by molar-refractivity contribution is 0.0652. The van der Waals surface area contributed by atoms with Crippen molar-refractivity contribution in [2.75, 3.05) is 7.11 Å². The first-order chi connectivity index (χ1) is 9.10. The predicted molar refractivity (Wildman–Crippen MR) is 69.1 cm³/mol. The third-order valence-corrected chi connectivity index (χ3v) is 2.87. The average Bonchev–Trinajstić information content (AvgIpc) is 2.88. The Kier molecular flexibility index (Phi) is 3.97. The van der Waals surface area contributed by atoms with E-state index < -0.39 is 5.97 Å². The van der Waals surface area contributed by atoms with E-state index in [4.69, 9.17) is 14.4 Å². The molecule has 0 fully saturated rings. The molecule has 1 heterocycles. The summed E-state index contributed by atoms with van der Waals surface area (Å²) in [5.41, 5.74) is 2.45. The zero-order chi connectivity index (χ0) is 13.8. The second-order valence-electron chi connectivity index (χ2n) is 4.33. The molecule has 0 aliphatic carbocycles. The van der Waals surface area contributed by atoms with Gasteiger partial charge in [-0.1, -0.05) is 23.4 Å². The number of carboxylic acid groups (broad SMARTS) is 1. The normalized spacial score (nSPS) is 12.3. The third-order valence-electron chi connectivity index (χ3n) is 2.87. The van der Waals surface area contributed by atoms with Crippen LogP contribution in [0.3, 0.4) is 0 Å². The fraction of sp³-hybridized carbons (Fsp3) is 0.286. The lowest BCUT2D eigenvalue weighted by atomic mass is 10.0. The highest BCUT2D eigenvalue weighted by atomic mass is 16.5. The molecule has 0 spiro atoms. The fourth-order valence-electron chi connectivity index (χ4n) is 1.78. The van der Waals surface area contributed by atoms with Gasteiger partial charge in [0, 0.05) is 18.7 Å². The molecule has 5 heteroatoms. The van der Waals surface area contributed by atoms with Gasteiger partial charge in [-0.25, -0.2) is 4.79 Å². The maximum absolute atomic E-state index is 10.7. The Hall–Kier alpha value is -2.14. The predicted octanol–water partition coefficient (Wildman–Crippen LogP) is 2.62. The van der Waals surface area contributed by atoms with Crippen LogP contribution in [0.25, 0.3) is 11.3 Å². The van der Waals surface area contributed by atoms with E-state index in [9.17, 15) is 4.79 Å². The first-order valence-corrected chi connectivity index (χ1v) is 5.92. The summed E-state index contributed by atoms with van der Waals surface area (Å²) < 4.78 is 9.97. The quantitative estimate of drug-likeness (QED) is 0.895. The summed E-state index contributed by atoms with van der Waals surface area (Å²) in [5, 5.41) is 12.6. The zero-order valence-electron chi connectivity index (χ0n) is 10.8. The van der Waals surface area contributed by atoms with Gasteiger partial charge < -0.3 is 14.4 Å². The molecular formula is C14H15NO4. The number of rotatable bonds is 5. The standard InChI is InChI=1S/C14H15NO4/c1-9(18-2)6-10-4-3-5-11(7-10)12-8-13(14(16)17)19-15-12/h3-5,7-9H,6H2,1-2H3,(H,16,17). The van der Waals surface area contributed by atoms with Crippen LogP contribution in [0.4, 0.5) is 0 Å². The Morgan fingerprint density at radius 1 is 1.47 bits per heavy atom. The largest absolute Gasteiger partial charge is 0.475 e. The molecule has 1 atom stereocenters. The Labute approximate surface area is 110 Å². The van der Waals surface area contributed by atoms with E-state index in [1.54, 1.807) is 7.11 Å². The number of carboxylic acids is 1. The summed E-state index contributed by atoms with van der Waals surface area (Å²) in [6, 6.07) is 9.14. The van der Waals surface area contributed by atoms with Crippen LogP contribution in [-0.2, 0) is 11.2 Å². The Morgan fingerprint density at radius 2 is 2.26 bits per heavy atom. The number of ether oxygens (including phenoxy) is 1. The number of nitrogens with zero attached hydrogens (tertiary/aromatic N) is 1. The molecular weight excluding hydrogens is 246 g/mol. The molecule has 1 N–H and O–H groups in total. The van der Waals surface area contributed by atoms with Gasteiger partial charge in [-0.05, 0) is 25.0 Å². The van der Waals surface area contributed by atoms with Gasteiger partial charge in [-0.3, -0.25) is 0 Å². The summed E-state index contributed by atoms with van der Waals surface area (Å²) in [6.45, 7) is 1.99. The van der Waals surface area contributed by atoms with Gasteiger partial charge in [-0.2, -0.15) is 0 Å². The van der Waals surface area contributed by atoms with Crippen molar-refractivity contribution >= 4 is 5.97 Å². The second-order valence-corrected chi connectivity index (χ2v) is 4.33. The fourth-order valence-corrected chi connectivity index (χ4v) is 1.78. The lowest BCUT2D eigenvalue weighted by Crippen LogP contribution is -2.08. The van der Waals surface area contributed by atoms with E-state index in [1.807, 2.05) is 31.2 Å². The molecule has 0 bridgehead atoms. The molecule has 0 saturated carbocycles. The smallest absolute Gasteiger partial charge is 0.374 e. The van der Waals surface area contributed by atoms with Gasteiger partial charge >= 0.3 is 5.97 Å². The molecule has 0 radical (unpaired) electrons. The summed E-state index contributed by atoms with van der Waals surface area (Å²) in [7, 11) is 1.67. The molecule has 0 saturated heterocycles. The first-order valence-electron chi connectivity index (χ1n) is 5.92. The molecule has 1 aromatic heterocycles. The number of hydrogen-bond acceptors (Lipinski definition) is 4. The number of aromatic nitrogens is 1. The van der Waals surface area contributed by atoms with Crippen molar-refractivity contribution in [2.24, 2.45) is 0 Å². The maximum Gasteiger partial charge on any atom is 0.374 e. The summed E-state index contributed by atoms with van der Waals surface area (Å²) >= 11 is 0. The SMILES string of the molecule is COC(C)Cc1cccc(-c2cc(C(=O)O)on2)c1. The van der Waals surface area contributed by atoms with Crippen molar-refractivity contribution in [1.82, 2.24) is 5.16 Å². The van der Waals surface area contributed by atoms with Crippen LogP contribution in [0.5, 0.6) is 0 Å². The Morgan fingerprint density at radius 3 is 2.89 bits per heavy atom. The number of aromatic carboxylic acids is 1. The van der Waals surface area contributed by atoms with Gasteiger partial charge in [0.1, 0.15) is 5.69 Å². The van der Waals surface area contributed by atoms with E-state index in [1.165, 1.54) is 6.07 Å². The van der Waals surface area contributed by atoms with Crippen LogP contribution in [0.1, 0.15) is 23.0 Å². The van der Waals surface area contributed by atoms with Crippen LogP contribution >= 0.6 is 0 Å². The van der Waals surface area contributed by atoms with Gasteiger partial charge in [0.05, 0.1) is 6.10 Å². The van der Waals surface area contributed by atoms with Gasteiger partial charge in [0.15, 0.2) is 0 Å². The van der Waals surface area contributed by atoms with Gasteiger partial charge in [0.2, 0.25) is 5.76 Å². The summed E-state index contributed by atoms with van der Waals surface area (Å²) in [4.78, 5) is 10.7. The number of methoxy groups -OCH3 is 1. The molecule has 1 unspecified atom stereocenters. The molecule has 2 aromatic rings. The van der Waals surface area contributed by atoms with E-state index in [2.05, 4.69) is 5.16 Å². The maximum atomic E-state index is 10.7. The molecule has 19 heavy (non-hydrogen) atoms. The van der Waals surface area contributed by atoms with Crippen molar-refractivity contribution < 1.29 is 19.2 Å². The van der Waals surface area contributed by atoms with Crippen molar-refractivity contribution in [3.05, 3.63) is 41.7 Å². The molecule has 5 nitrogen and oxygen atoms in total. The zero-order valence-corrected chi connectivity index (χ0v) is 10.8. The van der Waals surface area contributed by atoms with E-state index >= 15 is 0 Å². The van der Waals surface area contributed by atoms with Crippen molar-refractivity contribution in [3.63, 3.8) is 0 Å². The molecule has 0 aliphatic rings. The van der Waals surface area contributed by atoms with Crippen LogP contribution in [0, 0.1) is 0 Å². The summed E-state index contributed by atoms with van der Waals surface area (Å²) in [5.74, 6) is -1.28. The average molecular weight is 261 g/mol. The van der Waals surface area contributed by atoms with Crippen LogP contribution in [-0.4, -0.2) is 29.4 Å². The van der Waals surface area contributed by atoms with Crippen molar-refractivity contribution in [3.8, 4) is 11.3 Å². The topological polar surface area (TPSA) is 72.6 Å². The van der Waals surface area contributed by atoms with E-state index in [0.29, 0.717) is 5.69 Å². The van der Waals surface area contributed by atoms with Crippen molar-refractivity contribution in [1.29, 1.82) is 0 Å². The highest BCUT2D eigenvalue weighted by molar-refractivity contribution is 5.85. The van der Waals surface area contributed by atoms with E-state index in [-0.39, 0.29) is 11.9 Å². The number of hydrogen-bond donors (Lipinski definition) is 1. The minimum atomic E-state index is -1.12. The highest BCUT2D eigenvalue weighted by Crippen LogP contribution is 2.21. The molecule has 0 amide bonds. The molecule has 1 aromatic carbocycles. The Bertz CT molecular complexity index is 576. The first kappa shape index (κ1) is 13.3. The van der Waals surface area contributed by atoms with Crippen LogP contribution in [0.2, 0.25) is 0 Å². The van der Waals surface area contributed by atoms with E-state index in [0.717, 1.165) is 17.5 Å². The minimum Gasteiger partial charge on any atom is -0.475 e. The highest BCUT2D eigenvalue weighted by Gasteiger charge is 2.12. The second kappa shape index (κ2) is 5.67. The van der Waals surface area contributed by atoms with Crippen LogP contribution < -0.4 is 0 Å². The molecule has 100 valence electrons. The lowest BCUT2D eigenvalue weighted by Gasteiger charge is -2.09. The third kappa shape index (κ3) is 3.20. The van der Waals surface area contributed by atoms with Crippen LogP contribution in [0.15, 0.2) is 34.9 Å². The Balaban J connectivity index is 2.24. The minimum absolute atomic E-state index is 0.127. The van der Waals surface area contributed by atoms with Gasteiger partial charge in [-0.15, -0.1) is 0 Å². The van der Waals surface area contributed by atoms with Crippen molar-refractivity contribution in [2.45, 2.75) is 19.4 Å². The van der Waals surface area contributed by atoms with Gasteiger partial charge in [0.25, 0.3) is 0 Å². The number of benzene rings is 1.